The Morgan fingerprint density at radius 3 is 3.15 bits per heavy atom. The average molecular weight is 241 g/mol. The van der Waals surface area contributed by atoms with E-state index < -0.39 is 0 Å². The zero-order valence-corrected chi connectivity index (χ0v) is 8.08. The highest BCUT2D eigenvalue weighted by atomic mass is 79.9. The van der Waals surface area contributed by atoms with Crippen molar-refractivity contribution >= 4 is 32.9 Å². The van der Waals surface area contributed by atoms with Crippen molar-refractivity contribution in [1.29, 1.82) is 0 Å². The predicted molar refractivity (Wildman–Crippen MR) is 49.8 cm³/mol. The summed E-state index contributed by atoms with van der Waals surface area (Å²) in [4.78, 5) is 25.8. The van der Waals surface area contributed by atoms with Crippen molar-refractivity contribution in [2.75, 3.05) is 5.33 Å². The van der Waals surface area contributed by atoms with Crippen molar-refractivity contribution in [3.63, 3.8) is 0 Å². The van der Waals surface area contributed by atoms with E-state index in [1.54, 1.807) is 6.20 Å². The highest BCUT2D eigenvalue weighted by Crippen LogP contribution is 2.04. The summed E-state index contributed by atoms with van der Waals surface area (Å²) in [5.74, 6) is 0.0429. The van der Waals surface area contributed by atoms with Gasteiger partial charge in [-0.05, 0) is 0 Å². The van der Waals surface area contributed by atoms with Crippen molar-refractivity contribution in [2.45, 2.75) is 0 Å². The molecule has 0 unspecified atom stereocenters. The van der Waals surface area contributed by atoms with Gasteiger partial charge in [0.1, 0.15) is 5.52 Å². The lowest BCUT2D eigenvalue weighted by molar-refractivity contribution is 0.101. The van der Waals surface area contributed by atoms with E-state index in [0.717, 1.165) is 5.52 Å². The van der Waals surface area contributed by atoms with Crippen LogP contribution in [0, 0.1) is 0 Å². The summed E-state index contributed by atoms with van der Waals surface area (Å²) in [6.45, 7) is 0. The molecule has 0 fully saturated rings. The first-order chi connectivity index (χ1) is 6.31. The van der Waals surface area contributed by atoms with Gasteiger partial charge in [0.2, 0.25) is 5.78 Å². The smallest absolute Gasteiger partial charge is 0.210 e. The van der Waals surface area contributed by atoms with Crippen molar-refractivity contribution in [3.8, 4) is 0 Å². The zero-order chi connectivity index (χ0) is 9.26. The minimum absolute atomic E-state index is 0.148. The monoisotopic (exact) mass is 240 g/mol. The molecule has 0 aliphatic rings. The number of halogens is 1. The molecule has 2 aromatic rings. The first-order valence-corrected chi connectivity index (χ1v) is 4.68. The predicted octanol–water partition coefficient (Wildman–Crippen LogP) is 0.930. The summed E-state index contributed by atoms with van der Waals surface area (Å²) in [6, 6.07) is 0. The number of imidazole rings is 1. The summed E-state index contributed by atoms with van der Waals surface area (Å²) in [7, 11) is 0. The van der Waals surface area contributed by atoms with Gasteiger partial charge in [-0.1, -0.05) is 15.9 Å². The van der Waals surface area contributed by atoms with Gasteiger partial charge in [0.05, 0.1) is 17.9 Å². The quantitative estimate of drug-likeness (QED) is 0.627. The number of H-pyrrole nitrogens is 1. The second-order valence-electron chi connectivity index (χ2n) is 2.39. The normalized spacial score (nSPS) is 10.5. The van der Waals surface area contributed by atoms with Crippen LogP contribution in [-0.2, 0) is 0 Å². The average Bonchev–Trinajstić information content (AvgIpc) is 2.63. The maximum Gasteiger partial charge on any atom is 0.210 e. The Morgan fingerprint density at radius 2 is 2.38 bits per heavy atom. The van der Waals surface area contributed by atoms with Crippen LogP contribution in [-0.4, -0.2) is 31.0 Å². The second kappa shape index (κ2) is 3.21. The van der Waals surface area contributed by atoms with Crippen LogP contribution in [0.1, 0.15) is 10.6 Å². The second-order valence-corrected chi connectivity index (χ2v) is 2.95. The third-order valence-corrected chi connectivity index (χ3v) is 2.06. The van der Waals surface area contributed by atoms with Crippen molar-refractivity contribution in [1.82, 2.24) is 19.9 Å². The third kappa shape index (κ3) is 1.44. The van der Waals surface area contributed by atoms with Gasteiger partial charge in [-0.3, -0.25) is 4.79 Å². The van der Waals surface area contributed by atoms with Crippen molar-refractivity contribution in [2.24, 2.45) is 0 Å². The van der Waals surface area contributed by atoms with Crippen molar-refractivity contribution < 1.29 is 4.79 Å². The summed E-state index contributed by atoms with van der Waals surface area (Å²) in [5.41, 5.74) is 1.24. The number of carbonyl (C=O) groups is 1. The summed E-state index contributed by atoms with van der Waals surface area (Å²) >= 11 is 3.05. The molecule has 0 spiro atoms. The summed E-state index contributed by atoms with van der Waals surface area (Å²) in [5, 5.41) is 0.225. The Kier molecular flexibility index (Phi) is 2.05. The Labute approximate surface area is 81.7 Å². The molecule has 0 atom stereocenters. The number of hydrogen-bond acceptors (Lipinski definition) is 4. The largest absolute Gasteiger partial charge is 0.342 e. The standard InChI is InChI=1S/C7H5BrN4O/c8-1-5(13)7-9-2-4-6(12-7)11-3-10-4/h2-3H,1H2,(H,9,10,11,12). The first kappa shape index (κ1) is 8.31. The molecule has 2 heterocycles. The minimum Gasteiger partial charge on any atom is -0.342 e. The van der Waals surface area contributed by atoms with E-state index in [1.165, 1.54) is 6.33 Å². The molecular formula is C7H5BrN4O. The van der Waals surface area contributed by atoms with E-state index in [0.29, 0.717) is 5.65 Å². The fraction of sp³-hybridized carbons (Fsp3) is 0.143. The van der Waals surface area contributed by atoms with Crippen LogP contribution in [0.4, 0.5) is 0 Å². The Balaban J connectivity index is 2.54. The van der Waals surface area contributed by atoms with E-state index in [2.05, 4.69) is 35.9 Å². The highest BCUT2D eigenvalue weighted by molar-refractivity contribution is 9.09. The summed E-state index contributed by atoms with van der Waals surface area (Å²) < 4.78 is 0. The minimum atomic E-state index is -0.148. The van der Waals surface area contributed by atoms with Crippen LogP contribution in [0.5, 0.6) is 0 Å². The lowest BCUT2D eigenvalue weighted by atomic mass is 10.4. The van der Waals surface area contributed by atoms with Gasteiger partial charge in [-0.2, -0.15) is 0 Å². The molecule has 0 saturated carbocycles. The lowest BCUT2D eigenvalue weighted by Crippen LogP contribution is -2.06. The molecule has 0 aliphatic carbocycles. The maximum atomic E-state index is 11.2. The molecule has 13 heavy (non-hydrogen) atoms. The Bertz CT molecular complexity index is 452. The van der Waals surface area contributed by atoms with Crippen LogP contribution < -0.4 is 0 Å². The van der Waals surface area contributed by atoms with Crippen LogP contribution >= 0.6 is 15.9 Å². The number of carbonyl (C=O) groups excluding carboxylic acids is 1. The van der Waals surface area contributed by atoms with E-state index in [4.69, 9.17) is 0 Å². The molecule has 1 N–H and O–H groups in total. The SMILES string of the molecule is O=C(CBr)c1ncc2[nH]cnc2n1. The zero-order valence-electron chi connectivity index (χ0n) is 6.49. The van der Waals surface area contributed by atoms with E-state index in [9.17, 15) is 4.79 Å². The molecule has 66 valence electrons. The Hall–Kier alpha value is -1.30. The third-order valence-electron chi connectivity index (χ3n) is 1.55. The molecule has 0 saturated heterocycles. The number of aromatic amines is 1. The van der Waals surface area contributed by atoms with E-state index in [-0.39, 0.29) is 16.9 Å². The van der Waals surface area contributed by atoms with Gasteiger partial charge >= 0.3 is 0 Å². The van der Waals surface area contributed by atoms with Crippen LogP contribution in [0.3, 0.4) is 0 Å². The molecule has 5 nitrogen and oxygen atoms in total. The molecule has 0 radical (unpaired) electrons. The summed E-state index contributed by atoms with van der Waals surface area (Å²) in [6.07, 6.45) is 3.06. The number of nitrogens with one attached hydrogen (secondary N) is 1. The van der Waals surface area contributed by atoms with Crippen LogP contribution in [0.2, 0.25) is 0 Å². The van der Waals surface area contributed by atoms with Gasteiger partial charge in [-0.25, -0.2) is 15.0 Å². The number of Topliss-reactive ketones (excluding diaryl/α,β-unsaturated/α-hetero) is 1. The molecule has 2 rings (SSSR count). The fourth-order valence-electron chi connectivity index (χ4n) is 0.930. The van der Waals surface area contributed by atoms with Crippen LogP contribution in [0.25, 0.3) is 11.2 Å². The number of fused-ring (bicyclic) bond motifs is 1. The van der Waals surface area contributed by atoms with Gasteiger partial charge < -0.3 is 4.98 Å². The number of nitrogens with zero attached hydrogens (tertiary/aromatic N) is 3. The van der Waals surface area contributed by atoms with Gasteiger partial charge in [-0.15, -0.1) is 0 Å². The molecule has 6 heteroatoms. The number of hydrogen-bond donors (Lipinski definition) is 1. The van der Waals surface area contributed by atoms with Gasteiger partial charge in [0.25, 0.3) is 0 Å². The molecule has 0 aromatic carbocycles. The maximum absolute atomic E-state index is 11.2. The molecule has 0 amide bonds. The number of aromatic nitrogens is 4. The number of rotatable bonds is 2. The van der Waals surface area contributed by atoms with Gasteiger partial charge in [0.15, 0.2) is 11.5 Å². The van der Waals surface area contributed by atoms with E-state index in [1.807, 2.05) is 0 Å². The molecule has 0 bridgehead atoms. The van der Waals surface area contributed by atoms with Crippen molar-refractivity contribution in [3.05, 3.63) is 18.3 Å². The topological polar surface area (TPSA) is 71.5 Å². The van der Waals surface area contributed by atoms with E-state index >= 15 is 0 Å². The first-order valence-electron chi connectivity index (χ1n) is 3.56. The van der Waals surface area contributed by atoms with Gasteiger partial charge in [0, 0.05) is 0 Å². The molecule has 0 aliphatic heterocycles. The highest BCUT2D eigenvalue weighted by Gasteiger charge is 2.08. The number of ketones is 1. The number of alkyl halides is 1. The molecular weight excluding hydrogens is 236 g/mol. The lowest BCUT2D eigenvalue weighted by Gasteiger charge is -1.93. The molecule has 2 aromatic heterocycles. The fourth-order valence-corrected chi connectivity index (χ4v) is 1.18. The van der Waals surface area contributed by atoms with Crippen LogP contribution in [0.15, 0.2) is 12.5 Å². The Morgan fingerprint density at radius 1 is 1.54 bits per heavy atom.